The van der Waals surface area contributed by atoms with Gasteiger partial charge in [0.2, 0.25) is 0 Å². The van der Waals surface area contributed by atoms with Crippen LogP contribution < -0.4 is 0 Å². The van der Waals surface area contributed by atoms with Crippen molar-refractivity contribution >= 4 is 0 Å². The molecule has 1 aliphatic rings. The highest BCUT2D eigenvalue weighted by molar-refractivity contribution is 5.18. The first-order chi connectivity index (χ1) is 6.36. The Bertz CT molecular complexity index is 204. The zero-order valence-electron chi connectivity index (χ0n) is 8.25. The Morgan fingerprint density at radius 1 is 1.31 bits per heavy atom. The molecule has 74 valence electrons. The van der Waals surface area contributed by atoms with Crippen molar-refractivity contribution in [2.24, 2.45) is 0 Å². The van der Waals surface area contributed by atoms with Gasteiger partial charge in [-0.3, -0.25) is 0 Å². The van der Waals surface area contributed by atoms with Crippen LogP contribution in [0.25, 0.3) is 0 Å². The molecule has 0 saturated carbocycles. The zero-order valence-corrected chi connectivity index (χ0v) is 8.25. The Morgan fingerprint density at radius 2 is 2.15 bits per heavy atom. The molecule has 1 N–H and O–H groups in total. The number of ether oxygens (including phenoxy) is 1. The third-order valence-corrected chi connectivity index (χ3v) is 2.35. The molecule has 0 aromatic heterocycles. The first-order valence-electron chi connectivity index (χ1n) is 4.88. The van der Waals surface area contributed by atoms with Crippen molar-refractivity contribution in [1.82, 2.24) is 0 Å². The van der Waals surface area contributed by atoms with E-state index in [0.717, 1.165) is 37.9 Å². The van der Waals surface area contributed by atoms with E-state index in [-0.39, 0.29) is 0 Å². The van der Waals surface area contributed by atoms with Gasteiger partial charge in [-0.1, -0.05) is 11.6 Å². The molecule has 0 saturated heterocycles. The molecule has 0 atom stereocenters. The molecule has 13 heavy (non-hydrogen) atoms. The summed E-state index contributed by atoms with van der Waals surface area (Å²) in [7, 11) is 1.72. The average Bonchev–Trinajstić information content (AvgIpc) is 2.19. The van der Waals surface area contributed by atoms with Crippen molar-refractivity contribution in [3.8, 4) is 0 Å². The summed E-state index contributed by atoms with van der Waals surface area (Å²) in [5.41, 5.74) is 1.48. The monoisotopic (exact) mass is 182 g/mol. The van der Waals surface area contributed by atoms with E-state index in [9.17, 15) is 0 Å². The minimum atomic E-state index is 0.312. The summed E-state index contributed by atoms with van der Waals surface area (Å²) in [4.78, 5) is 0. The molecule has 1 rings (SSSR count). The maximum Gasteiger partial charge on any atom is 0.0956 e. The van der Waals surface area contributed by atoms with Crippen LogP contribution in [0.5, 0.6) is 0 Å². The molecule has 0 fully saturated rings. The van der Waals surface area contributed by atoms with E-state index in [0.29, 0.717) is 6.61 Å². The molecule has 2 heteroatoms. The van der Waals surface area contributed by atoms with Gasteiger partial charge in [-0.25, -0.2) is 0 Å². The van der Waals surface area contributed by atoms with Crippen LogP contribution in [0.2, 0.25) is 0 Å². The van der Waals surface area contributed by atoms with Crippen molar-refractivity contribution in [2.45, 2.75) is 32.1 Å². The molecular weight excluding hydrogens is 164 g/mol. The number of aliphatic hydroxyl groups is 1. The molecule has 0 spiro atoms. The van der Waals surface area contributed by atoms with Crippen molar-refractivity contribution < 1.29 is 9.84 Å². The van der Waals surface area contributed by atoms with Gasteiger partial charge >= 0.3 is 0 Å². The number of hydrogen-bond acceptors (Lipinski definition) is 2. The highest BCUT2D eigenvalue weighted by Crippen LogP contribution is 2.21. The van der Waals surface area contributed by atoms with Gasteiger partial charge in [0, 0.05) is 13.0 Å². The van der Waals surface area contributed by atoms with Crippen LogP contribution >= 0.6 is 0 Å². The molecule has 0 aromatic rings. The van der Waals surface area contributed by atoms with E-state index < -0.39 is 0 Å². The summed E-state index contributed by atoms with van der Waals surface area (Å²) >= 11 is 0. The lowest BCUT2D eigenvalue weighted by Gasteiger charge is -2.12. The van der Waals surface area contributed by atoms with Gasteiger partial charge in [0.15, 0.2) is 0 Å². The number of unbranched alkanes of at least 4 members (excludes halogenated alkanes) is 1. The van der Waals surface area contributed by atoms with Crippen molar-refractivity contribution in [2.75, 3.05) is 13.7 Å². The largest absolute Gasteiger partial charge is 0.501 e. The van der Waals surface area contributed by atoms with Gasteiger partial charge in [0.1, 0.15) is 0 Å². The molecule has 2 nitrogen and oxygen atoms in total. The maximum absolute atomic E-state index is 8.62. The SMILES string of the molecule is COC1=CCC(CCCCO)=CC1. The summed E-state index contributed by atoms with van der Waals surface area (Å²) in [6.07, 6.45) is 9.48. The summed E-state index contributed by atoms with van der Waals surface area (Å²) in [6.45, 7) is 0.312. The molecule has 0 radical (unpaired) electrons. The summed E-state index contributed by atoms with van der Waals surface area (Å²) in [5, 5.41) is 8.62. The van der Waals surface area contributed by atoms with Crippen LogP contribution in [0.15, 0.2) is 23.5 Å². The minimum absolute atomic E-state index is 0.312. The standard InChI is InChI=1S/C11H18O2/c1-13-11-7-5-10(6-8-11)4-2-3-9-12/h5,8,12H,2-4,6-7,9H2,1H3. The van der Waals surface area contributed by atoms with Crippen LogP contribution in [0.1, 0.15) is 32.1 Å². The average molecular weight is 182 g/mol. The highest BCUT2D eigenvalue weighted by Gasteiger charge is 2.04. The van der Waals surface area contributed by atoms with Crippen molar-refractivity contribution in [1.29, 1.82) is 0 Å². The predicted molar refractivity (Wildman–Crippen MR) is 53.3 cm³/mol. The second-order valence-corrected chi connectivity index (χ2v) is 3.33. The predicted octanol–water partition coefficient (Wildman–Crippen LogP) is 2.40. The fourth-order valence-electron chi connectivity index (χ4n) is 1.49. The Kier molecular flexibility index (Phi) is 4.61. The third kappa shape index (κ3) is 3.64. The van der Waals surface area contributed by atoms with Gasteiger partial charge in [-0.15, -0.1) is 0 Å². The molecule has 0 bridgehead atoms. The molecule has 0 heterocycles. The van der Waals surface area contributed by atoms with E-state index >= 15 is 0 Å². The van der Waals surface area contributed by atoms with Gasteiger partial charge in [0.05, 0.1) is 12.9 Å². The van der Waals surface area contributed by atoms with Crippen molar-refractivity contribution in [3.63, 3.8) is 0 Å². The van der Waals surface area contributed by atoms with Crippen molar-refractivity contribution in [3.05, 3.63) is 23.5 Å². The third-order valence-electron chi connectivity index (χ3n) is 2.35. The minimum Gasteiger partial charge on any atom is -0.501 e. The Hall–Kier alpha value is -0.760. The number of rotatable bonds is 5. The molecule has 0 aromatic carbocycles. The van der Waals surface area contributed by atoms with Crippen LogP contribution in [-0.4, -0.2) is 18.8 Å². The molecule has 0 aliphatic heterocycles. The van der Waals surface area contributed by atoms with Gasteiger partial charge in [-0.05, 0) is 31.8 Å². The van der Waals surface area contributed by atoms with E-state index in [2.05, 4.69) is 12.2 Å². The Morgan fingerprint density at radius 3 is 2.69 bits per heavy atom. The number of methoxy groups -OCH3 is 1. The fourth-order valence-corrected chi connectivity index (χ4v) is 1.49. The Balaban J connectivity index is 2.20. The lowest BCUT2D eigenvalue weighted by atomic mass is 9.99. The number of aliphatic hydroxyl groups excluding tert-OH is 1. The fraction of sp³-hybridized carbons (Fsp3) is 0.636. The van der Waals surface area contributed by atoms with Gasteiger partial charge in [-0.2, -0.15) is 0 Å². The van der Waals surface area contributed by atoms with Crippen LogP contribution in [0.3, 0.4) is 0 Å². The zero-order chi connectivity index (χ0) is 9.52. The Labute approximate surface area is 79.9 Å². The van der Waals surface area contributed by atoms with Crippen LogP contribution in [-0.2, 0) is 4.74 Å². The summed E-state index contributed by atoms with van der Waals surface area (Å²) in [6, 6.07) is 0. The van der Waals surface area contributed by atoms with Crippen LogP contribution in [0.4, 0.5) is 0 Å². The first-order valence-corrected chi connectivity index (χ1v) is 4.88. The summed E-state index contributed by atoms with van der Waals surface area (Å²) in [5.74, 6) is 1.07. The quantitative estimate of drug-likeness (QED) is 0.522. The second kappa shape index (κ2) is 5.81. The summed E-state index contributed by atoms with van der Waals surface area (Å²) < 4.78 is 5.14. The molecular formula is C11H18O2. The maximum atomic E-state index is 8.62. The van der Waals surface area contributed by atoms with E-state index in [1.54, 1.807) is 7.11 Å². The topological polar surface area (TPSA) is 29.5 Å². The smallest absolute Gasteiger partial charge is 0.0956 e. The van der Waals surface area contributed by atoms with Gasteiger partial charge in [0.25, 0.3) is 0 Å². The van der Waals surface area contributed by atoms with E-state index in [1.807, 2.05) is 0 Å². The van der Waals surface area contributed by atoms with Gasteiger partial charge < -0.3 is 9.84 Å². The number of allylic oxidation sites excluding steroid dienone is 3. The lowest BCUT2D eigenvalue weighted by molar-refractivity contribution is 0.280. The van der Waals surface area contributed by atoms with Crippen LogP contribution in [0, 0.1) is 0 Å². The molecule has 1 aliphatic carbocycles. The molecule has 0 unspecified atom stereocenters. The number of hydrogen-bond donors (Lipinski definition) is 1. The molecule has 0 amide bonds. The first kappa shape index (κ1) is 10.3. The highest BCUT2D eigenvalue weighted by atomic mass is 16.5. The second-order valence-electron chi connectivity index (χ2n) is 3.33. The normalized spacial score (nSPS) is 16.5. The van der Waals surface area contributed by atoms with E-state index in [4.69, 9.17) is 9.84 Å². The van der Waals surface area contributed by atoms with E-state index in [1.165, 1.54) is 5.57 Å². The lowest BCUT2D eigenvalue weighted by Crippen LogP contribution is -1.95.